The van der Waals surface area contributed by atoms with Crippen LogP contribution >= 0.6 is 0 Å². The van der Waals surface area contributed by atoms with Gasteiger partial charge < -0.3 is 10.2 Å². The molecule has 0 aliphatic rings. The molecule has 0 amide bonds. The molecule has 0 fully saturated rings. The fourth-order valence-corrected chi connectivity index (χ4v) is 3.85. The van der Waals surface area contributed by atoms with Crippen LogP contribution in [-0.2, 0) is 20.2 Å². The van der Waals surface area contributed by atoms with Crippen LogP contribution in [0.4, 0.5) is 0 Å². The number of aromatic carboxylic acids is 2. The van der Waals surface area contributed by atoms with Crippen molar-refractivity contribution < 1.29 is 45.7 Å². The summed E-state index contributed by atoms with van der Waals surface area (Å²) in [7, 11) is -10.4. The highest BCUT2D eigenvalue weighted by molar-refractivity contribution is 7.87. The second-order valence-electron chi connectivity index (χ2n) is 4.44. The Morgan fingerprint density at radius 3 is 1.92 bits per heavy atom. The Hall–Kier alpha value is -2.54. The number of hydrogen-bond donors (Lipinski definition) is 4. The van der Waals surface area contributed by atoms with Gasteiger partial charge in [0, 0.05) is 11.5 Å². The molecule has 24 heavy (non-hydrogen) atoms. The fourth-order valence-electron chi connectivity index (χ4n) is 2.14. The van der Waals surface area contributed by atoms with Crippen LogP contribution in [0, 0.1) is 6.07 Å². The number of hydrogen-bond acceptors (Lipinski definition) is 6. The minimum absolute atomic E-state index is 0.444. The Kier molecular flexibility index (Phi) is 4.10. The molecular formula is C12H7O10S2. The normalized spacial score (nSPS) is 12.2. The van der Waals surface area contributed by atoms with E-state index in [1.165, 1.54) is 0 Å². The third kappa shape index (κ3) is 2.94. The smallest absolute Gasteiger partial charge is 0.338 e. The van der Waals surface area contributed by atoms with Crippen LogP contribution in [0.5, 0.6) is 0 Å². The summed E-state index contributed by atoms with van der Waals surface area (Å²) in [6.07, 6.45) is 0. The van der Waals surface area contributed by atoms with Gasteiger partial charge in [-0.1, -0.05) is 12.1 Å². The maximum absolute atomic E-state index is 11.6. The minimum Gasteiger partial charge on any atom is -0.478 e. The van der Waals surface area contributed by atoms with E-state index < -0.39 is 63.9 Å². The summed E-state index contributed by atoms with van der Waals surface area (Å²) in [4.78, 5) is 20.0. The molecule has 2 aromatic carbocycles. The summed E-state index contributed by atoms with van der Waals surface area (Å²) in [6.45, 7) is 0. The third-order valence-electron chi connectivity index (χ3n) is 2.95. The molecule has 1 radical (unpaired) electrons. The molecule has 2 aromatic rings. The molecule has 0 bridgehead atoms. The standard InChI is InChI=1S/C12H7O10S2/c13-11(14)6-4-5-2-1-3-7(23(17,18)19)8(5)10(24(20,21)22)9(6)12(15)16/h1-3H,(H,13,14)(H,15,16)(H,17,18,19)(H,20,21,22). The molecule has 0 unspecified atom stereocenters. The molecule has 2 rings (SSSR count). The fraction of sp³-hybridized carbons (Fsp3) is 0. The first-order chi connectivity index (χ1) is 10.9. The average molecular weight is 375 g/mol. The molecule has 4 N–H and O–H groups in total. The second kappa shape index (κ2) is 5.52. The van der Waals surface area contributed by atoms with Gasteiger partial charge in [-0.05, 0) is 11.5 Å². The number of carboxylic acids is 2. The summed E-state index contributed by atoms with van der Waals surface area (Å²) in [5, 5.41) is 16.9. The Bertz CT molecular complexity index is 1100. The molecule has 0 saturated heterocycles. The van der Waals surface area contributed by atoms with Crippen LogP contribution in [0.25, 0.3) is 10.8 Å². The zero-order valence-corrected chi connectivity index (χ0v) is 12.9. The van der Waals surface area contributed by atoms with Gasteiger partial charge in [-0.15, -0.1) is 0 Å². The van der Waals surface area contributed by atoms with E-state index in [2.05, 4.69) is 6.07 Å². The van der Waals surface area contributed by atoms with Crippen LogP contribution < -0.4 is 0 Å². The van der Waals surface area contributed by atoms with E-state index in [9.17, 15) is 35.5 Å². The molecule has 0 aliphatic carbocycles. The van der Waals surface area contributed by atoms with Crippen molar-refractivity contribution in [3.05, 3.63) is 35.4 Å². The summed E-state index contributed by atoms with van der Waals surface area (Å²) in [6, 6.07) is 4.91. The van der Waals surface area contributed by atoms with Gasteiger partial charge in [-0.3, -0.25) is 9.11 Å². The number of carbonyl (C=O) groups is 2. The van der Waals surface area contributed by atoms with Crippen molar-refractivity contribution in [3.63, 3.8) is 0 Å². The predicted molar refractivity (Wildman–Crippen MR) is 76.3 cm³/mol. The first-order valence-corrected chi connectivity index (χ1v) is 8.67. The lowest BCUT2D eigenvalue weighted by atomic mass is 10.0. The van der Waals surface area contributed by atoms with Crippen LogP contribution in [0.15, 0.2) is 28.0 Å². The second-order valence-corrected chi connectivity index (χ2v) is 7.19. The topological polar surface area (TPSA) is 183 Å². The number of fused-ring (bicyclic) bond motifs is 1. The van der Waals surface area contributed by atoms with Gasteiger partial charge in [0.25, 0.3) is 20.2 Å². The zero-order valence-electron chi connectivity index (χ0n) is 11.3. The SMILES string of the molecule is O=C(O)c1[c]c2cccc(S(=O)(=O)O)c2c(S(=O)(=O)O)c1C(=O)O. The van der Waals surface area contributed by atoms with Crippen molar-refractivity contribution in [1.82, 2.24) is 0 Å². The van der Waals surface area contributed by atoms with Gasteiger partial charge in [0.1, 0.15) is 9.79 Å². The maximum Gasteiger partial charge on any atom is 0.338 e. The molecule has 0 aliphatic heterocycles. The van der Waals surface area contributed by atoms with E-state index in [0.29, 0.717) is 0 Å². The monoisotopic (exact) mass is 375 g/mol. The number of benzene rings is 2. The molecule has 127 valence electrons. The van der Waals surface area contributed by atoms with Crippen LogP contribution in [0.2, 0.25) is 0 Å². The lowest BCUT2D eigenvalue weighted by molar-refractivity contribution is 0.0648. The highest BCUT2D eigenvalue weighted by atomic mass is 32.2. The maximum atomic E-state index is 11.6. The van der Waals surface area contributed by atoms with E-state index in [1.54, 1.807) is 0 Å². The summed E-state index contributed by atoms with van der Waals surface area (Å²) < 4.78 is 64.7. The highest BCUT2D eigenvalue weighted by Crippen LogP contribution is 2.34. The number of carboxylic acid groups (broad SMARTS) is 2. The Morgan fingerprint density at radius 1 is 0.917 bits per heavy atom. The van der Waals surface area contributed by atoms with Crippen molar-refractivity contribution in [2.45, 2.75) is 9.79 Å². The molecular weight excluding hydrogens is 368 g/mol. The Balaban J connectivity index is 3.33. The lowest BCUT2D eigenvalue weighted by Gasteiger charge is -2.13. The van der Waals surface area contributed by atoms with Gasteiger partial charge in [0.2, 0.25) is 0 Å². The molecule has 12 heteroatoms. The number of rotatable bonds is 4. The molecule has 0 atom stereocenters. The van der Waals surface area contributed by atoms with Crippen molar-refractivity contribution in [1.29, 1.82) is 0 Å². The molecule has 0 saturated carbocycles. The summed E-state index contributed by atoms with van der Waals surface area (Å²) in [5.74, 6) is -3.92. The largest absolute Gasteiger partial charge is 0.478 e. The van der Waals surface area contributed by atoms with E-state index in [-0.39, 0.29) is 0 Å². The van der Waals surface area contributed by atoms with Crippen LogP contribution in [0.3, 0.4) is 0 Å². The predicted octanol–water partition coefficient (Wildman–Crippen LogP) is 0.530. The zero-order chi connectivity index (χ0) is 18.4. The van der Waals surface area contributed by atoms with Crippen molar-refractivity contribution in [2.75, 3.05) is 0 Å². The van der Waals surface area contributed by atoms with Gasteiger partial charge in [0.05, 0.1) is 11.1 Å². The minimum atomic E-state index is -5.38. The van der Waals surface area contributed by atoms with E-state index in [0.717, 1.165) is 18.2 Å². The quantitative estimate of drug-likeness (QED) is 0.550. The molecule has 0 aromatic heterocycles. The summed E-state index contributed by atoms with van der Waals surface area (Å²) >= 11 is 0. The van der Waals surface area contributed by atoms with Gasteiger partial charge >= 0.3 is 11.9 Å². The first-order valence-electron chi connectivity index (χ1n) is 5.79. The lowest BCUT2D eigenvalue weighted by Crippen LogP contribution is -2.16. The van der Waals surface area contributed by atoms with E-state index in [4.69, 9.17) is 10.2 Å². The van der Waals surface area contributed by atoms with Crippen LogP contribution in [0.1, 0.15) is 20.7 Å². The highest BCUT2D eigenvalue weighted by Gasteiger charge is 2.32. The van der Waals surface area contributed by atoms with Crippen molar-refractivity contribution >= 4 is 42.9 Å². The molecule has 10 nitrogen and oxygen atoms in total. The van der Waals surface area contributed by atoms with Gasteiger partial charge in [-0.2, -0.15) is 16.8 Å². The van der Waals surface area contributed by atoms with Crippen LogP contribution in [-0.4, -0.2) is 48.1 Å². The van der Waals surface area contributed by atoms with Gasteiger partial charge in [-0.25, -0.2) is 9.59 Å². The first kappa shape index (κ1) is 17.8. The Morgan fingerprint density at radius 2 is 1.50 bits per heavy atom. The average Bonchev–Trinajstić information content (AvgIpc) is 2.41. The van der Waals surface area contributed by atoms with E-state index >= 15 is 0 Å². The third-order valence-corrected chi connectivity index (χ3v) is 4.77. The van der Waals surface area contributed by atoms with Gasteiger partial charge in [0.15, 0.2) is 0 Å². The summed E-state index contributed by atoms with van der Waals surface area (Å²) in [5.41, 5.74) is -2.48. The van der Waals surface area contributed by atoms with Crippen molar-refractivity contribution in [2.24, 2.45) is 0 Å². The van der Waals surface area contributed by atoms with Crippen molar-refractivity contribution in [3.8, 4) is 0 Å². The van der Waals surface area contributed by atoms with E-state index in [1.807, 2.05) is 0 Å². The Labute approximate surface area is 134 Å². The molecule has 0 spiro atoms. The molecule has 0 heterocycles.